The second-order valence-electron chi connectivity index (χ2n) is 4.13. The highest BCUT2D eigenvalue weighted by Crippen LogP contribution is 2.31. The van der Waals surface area contributed by atoms with Crippen molar-refractivity contribution in [3.05, 3.63) is 54.1 Å². The van der Waals surface area contributed by atoms with Crippen LogP contribution in [-0.4, -0.2) is 11.1 Å². The second kappa shape index (κ2) is 4.59. The highest BCUT2D eigenvalue weighted by molar-refractivity contribution is 6.07. The summed E-state index contributed by atoms with van der Waals surface area (Å²) in [6.45, 7) is 0. The number of carbonyl (C=O) groups is 1. The lowest BCUT2D eigenvalue weighted by Gasteiger charge is -1.95. The van der Waals surface area contributed by atoms with Gasteiger partial charge in [-0.05, 0) is 12.1 Å². The molecule has 4 heteroatoms. The van der Waals surface area contributed by atoms with E-state index >= 15 is 0 Å². The Kier molecular flexibility index (Phi) is 2.78. The maximum absolute atomic E-state index is 11.0. The lowest BCUT2D eigenvalue weighted by atomic mass is 10.1. The molecule has 0 bridgehead atoms. The Morgan fingerprint density at radius 1 is 1.11 bits per heavy atom. The fourth-order valence-corrected chi connectivity index (χ4v) is 2.10. The molecular weight excluding hydrogens is 242 g/mol. The largest absolute Gasteiger partial charge is 0.455 e. The zero-order chi connectivity index (χ0) is 13.2. The fourth-order valence-electron chi connectivity index (χ4n) is 2.10. The highest BCUT2D eigenvalue weighted by Gasteiger charge is 2.08. The molecule has 0 aliphatic rings. The van der Waals surface area contributed by atoms with Gasteiger partial charge in [0.05, 0.1) is 0 Å². The Bertz CT molecular complexity index is 786. The molecule has 1 amide bonds. The number of rotatable bonds is 2. The molecule has 0 atom stereocenters. The van der Waals surface area contributed by atoms with Gasteiger partial charge in [-0.15, -0.1) is 0 Å². The number of amides is 1. The summed E-state index contributed by atoms with van der Waals surface area (Å²) in [5, 5.41) is 10.5. The van der Waals surface area contributed by atoms with Gasteiger partial charge in [0.2, 0.25) is 0 Å². The van der Waals surface area contributed by atoms with Crippen LogP contribution in [0.3, 0.4) is 0 Å². The summed E-state index contributed by atoms with van der Waals surface area (Å²) in [5.74, 6) is -0.576. The standard InChI is InChI=1S/C15H11NO3/c17-14(16-18)9-8-10-4-3-6-12-11-5-1-2-7-13(11)19-15(10)12/h1-9,18H,(H,16,17)/b9-8+. The average molecular weight is 253 g/mol. The summed E-state index contributed by atoms with van der Waals surface area (Å²) < 4.78 is 5.80. The molecule has 2 N–H and O–H groups in total. The molecular formula is C15H11NO3. The van der Waals surface area contributed by atoms with Crippen LogP contribution >= 0.6 is 0 Å². The van der Waals surface area contributed by atoms with Crippen LogP contribution in [0.4, 0.5) is 0 Å². The summed E-state index contributed by atoms with van der Waals surface area (Å²) in [6, 6.07) is 13.5. The SMILES string of the molecule is O=C(/C=C/c1cccc2c1oc1ccccc12)NO. The Balaban J connectivity index is 2.20. The Morgan fingerprint density at radius 3 is 2.74 bits per heavy atom. The van der Waals surface area contributed by atoms with Crippen LogP contribution in [0.25, 0.3) is 28.0 Å². The van der Waals surface area contributed by atoms with E-state index in [9.17, 15) is 4.79 Å². The first kappa shape index (κ1) is 11.5. The van der Waals surface area contributed by atoms with Crippen molar-refractivity contribution in [2.75, 3.05) is 0 Å². The topological polar surface area (TPSA) is 62.5 Å². The highest BCUT2D eigenvalue weighted by atomic mass is 16.5. The molecule has 19 heavy (non-hydrogen) atoms. The smallest absolute Gasteiger partial charge is 0.267 e. The van der Waals surface area contributed by atoms with Crippen molar-refractivity contribution < 1.29 is 14.4 Å². The van der Waals surface area contributed by atoms with Crippen molar-refractivity contribution >= 4 is 33.9 Å². The van der Waals surface area contributed by atoms with Crippen LogP contribution in [0.1, 0.15) is 5.56 Å². The molecule has 2 aromatic carbocycles. The number of benzene rings is 2. The van der Waals surface area contributed by atoms with Gasteiger partial charge in [0.15, 0.2) is 0 Å². The van der Waals surface area contributed by atoms with Gasteiger partial charge >= 0.3 is 0 Å². The maximum Gasteiger partial charge on any atom is 0.267 e. The Hall–Kier alpha value is -2.59. The molecule has 0 radical (unpaired) electrons. The van der Waals surface area contributed by atoms with E-state index in [0.29, 0.717) is 0 Å². The molecule has 0 unspecified atom stereocenters. The molecule has 1 aromatic heterocycles. The molecule has 0 spiro atoms. The molecule has 0 saturated heterocycles. The zero-order valence-corrected chi connectivity index (χ0v) is 9.96. The number of hydrogen-bond donors (Lipinski definition) is 2. The second-order valence-corrected chi connectivity index (χ2v) is 4.13. The van der Waals surface area contributed by atoms with Crippen molar-refractivity contribution in [2.24, 2.45) is 0 Å². The lowest BCUT2D eigenvalue weighted by Crippen LogP contribution is -2.14. The average Bonchev–Trinajstić information content (AvgIpc) is 2.84. The van der Waals surface area contributed by atoms with Crippen LogP contribution in [0.2, 0.25) is 0 Å². The first-order valence-electron chi connectivity index (χ1n) is 5.82. The van der Waals surface area contributed by atoms with E-state index in [-0.39, 0.29) is 0 Å². The van der Waals surface area contributed by atoms with Gasteiger partial charge in [-0.2, -0.15) is 0 Å². The molecule has 3 rings (SSSR count). The van der Waals surface area contributed by atoms with Crippen LogP contribution in [-0.2, 0) is 4.79 Å². The molecule has 3 aromatic rings. The van der Waals surface area contributed by atoms with Gasteiger partial charge in [-0.3, -0.25) is 10.0 Å². The molecule has 0 aliphatic carbocycles. The fraction of sp³-hybridized carbons (Fsp3) is 0. The number of fused-ring (bicyclic) bond motifs is 3. The van der Waals surface area contributed by atoms with Crippen LogP contribution in [0, 0.1) is 0 Å². The Labute approximate surface area is 108 Å². The molecule has 1 heterocycles. The van der Waals surface area contributed by atoms with E-state index in [1.165, 1.54) is 6.08 Å². The van der Waals surface area contributed by atoms with Gasteiger partial charge in [-0.1, -0.05) is 36.4 Å². The van der Waals surface area contributed by atoms with Crippen LogP contribution < -0.4 is 5.48 Å². The number of furan rings is 1. The van der Waals surface area contributed by atoms with Gasteiger partial charge in [0.25, 0.3) is 5.91 Å². The molecule has 0 aliphatic heterocycles. The first-order valence-corrected chi connectivity index (χ1v) is 5.82. The third-order valence-corrected chi connectivity index (χ3v) is 2.96. The minimum Gasteiger partial charge on any atom is -0.455 e. The predicted molar refractivity (Wildman–Crippen MR) is 72.7 cm³/mol. The summed E-state index contributed by atoms with van der Waals surface area (Å²) in [4.78, 5) is 11.0. The molecule has 4 nitrogen and oxygen atoms in total. The van der Waals surface area contributed by atoms with Crippen molar-refractivity contribution in [3.63, 3.8) is 0 Å². The molecule has 94 valence electrons. The number of nitrogens with one attached hydrogen (secondary N) is 1. The summed E-state index contributed by atoms with van der Waals surface area (Å²) >= 11 is 0. The molecule has 0 saturated carbocycles. The monoisotopic (exact) mass is 253 g/mol. The molecule has 0 fully saturated rings. The number of carbonyl (C=O) groups excluding carboxylic acids is 1. The third-order valence-electron chi connectivity index (χ3n) is 2.96. The minimum absolute atomic E-state index is 0.576. The third kappa shape index (κ3) is 1.98. The van der Waals surface area contributed by atoms with E-state index in [1.54, 1.807) is 11.6 Å². The van der Waals surface area contributed by atoms with E-state index in [2.05, 4.69) is 0 Å². The van der Waals surface area contributed by atoms with Gasteiger partial charge in [0, 0.05) is 22.4 Å². The first-order chi connectivity index (χ1) is 9.29. The van der Waals surface area contributed by atoms with Gasteiger partial charge in [-0.25, -0.2) is 5.48 Å². The van der Waals surface area contributed by atoms with Gasteiger partial charge < -0.3 is 4.42 Å². The van der Waals surface area contributed by atoms with Gasteiger partial charge in [0.1, 0.15) is 11.2 Å². The summed E-state index contributed by atoms with van der Waals surface area (Å²) in [6.07, 6.45) is 2.86. The predicted octanol–water partition coefficient (Wildman–Crippen LogP) is 3.10. The Morgan fingerprint density at radius 2 is 1.89 bits per heavy atom. The van der Waals surface area contributed by atoms with Crippen molar-refractivity contribution in [3.8, 4) is 0 Å². The van der Waals surface area contributed by atoms with E-state index in [0.717, 1.165) is 27.5 Å². The number of hydroxylamine groups is 1. The maximum atomic E-state index is 11.0. The lowest BCUT2D eigenvalue weighted by molar-refractivity contribution is -0.124. The summed E-state index contributed by atoms with van der Waals surface area (Å²) in [5.41, 5.74) is 3.88. The van der Waals surface area contributed by atoms with E-state index in [4.69, 9.17) is 9.62 Å². The zero-order valence-electron chi connectivity index (χ0n) is 9.96. The van der Waals surface area contributed by atoms with Crippen LogP contribution in [0.15, 0.2) is 53.0 Å². The normalized spacial score (nSPS) is 11.4. The number of hydrogen-bond acceptors (Lipinski definition) is 3. The van der Waals surface area contributed by atoms with Crippen LogP contribution in [0.5, 0.6) is 0 Å². The van der Waals surface area contributed by atoms with Crippen molar-refractivity contribution in [1.29, 1.82) is 0 Å². The van der Waals surface area contributed by atoms with Crippen molar-refractivity contribution in [2.45, 2.75) is 0 Å². The quantitative estimate of drug-likeness (QED) is 0.419. The van der Waals surface area contributed by atoms with Crippen molar-refractivity contribution in [1.82, 2.24) is 5.48 Å². The summed E-state index contributed by atoms with van der Waals surface area (Å²) in [7, 11) is 0. The minimum atomic E-state index is -0.576. The van der Waals surface area contributed by atoms with E-state index in [1.807, 2.05) is 42.5 Å². The van der Waals surface area contributed by atoms with E-state index < -0.39 is 5.91 Å². The number of para-hydroxylation sites is 2.